The zero-order valence-electron chi connectivity index (χ0n) is 11.8. The van der Waals surface area contributed by atoms with E-state index >= 15 is 0 Å². The minimum absolute atomic E-state index is 0.282. The van der Waals surface area contributed by atoms with E-state index in [1.807, 2.05) is 18.2 Å². The molecule has 0 atom stereocenters. The van der Waals surface area contributed by atoms with Gasteiger partial charge < -0.3 is 10.1 Å². The topological polar surface area (TPSA) is 79.2 Å². The van der Waals surface area contributed by atoms with Gasteiger partial charge in [0.2, 0.25) is 0 Å². The highest BCUT2D eigenvalue weighted by molar-refractivity contribution is 14.1. The fourth-order valence-electron chi connectivity index (χ4n) is 1.84. The molecule has 0 radical (unpaired) electrons. The van der Waals surface area contributed by atoms with Gasteiger partial charge in [-0.3, -0.25) is 4.79 Å². The highest BCUT2D eigenvalue weighted by atomic mass is 127. The monoisotopic (exact) mass is 426 g/mol. The number of amides is 1. The first kappa shape index (κ1) is 16.5. The molecular weight excluding hydrogens is 415 g/mol. The Hall–Kier alpha value is -1.92. The number of esters is 1. The second-order valence-electron chi connectivity index (χ2n) is 4.30. The number of carbonyl (C=O) groups excluding carboxylic acids is 2. The number of nitrogens with zero attached hydrogens (tertiary/aromatic N) is 1. The Kier molecular flexibility index (Phi) is 5.15. The van der Waals surface area contributed by atoms with Crippen LogP contribution in [0.5, 0.6) is 0 Å². The van der Waals surface area contributed by atoms with Gasteiger partial charge in [0.15, 0.2) is 0 Å². The molecule has 2 rings (SSSR count). The molecular formula is C15H11IN2O3S. The van der Waals surface area contributed by atoms with Gasteiger partial charge in [0.25, 0.3) is 5.91 Å². The first-order chi connectivity index (χ1) is 10.5. The van der Waals surface area contributed by atoms with Crippen LogP contribution in [0.1, 0.15) is 31.2 Å². The number of hydrogen-bond donors (Lipinski definition) is 1. The molecule has 0 unspecified atom stereocenters. The van der Waals surface area contributed by atoms with Gasteiger partial charge in [-0.25, -0.2) is 4.79 Å². The second kappa shape index (κ2) is 6.89. The van der Waals surface area contributed by atoms with Crippen molar-refractivity contribution in [2.45, 2.75) is 6.92 Å². The van der Waals surface area contributed by atoms with Gasteiger partial charge in [0.1, 0.15) is 15.9 Å². The largest absolute Gasteiger partial charge is 0.465 e. The first-order valence-corrected chi connectivity index (χ1v) is 8.06. The number of rotatable bonds is 3. The summed E-state index contributed by atoms with van der Waals surface area (Å²) in [7, 11) is 1.28. The first-order valence-electron chi connectivity index (χ1n) is 6.17. The molecule has 0 aliphatic carbocycles. The van der Waals surface area contributed by atoms with Crippen molar-refractivity contribution in [2.24, 2.45) is 0 Å². The summed E-state index contributed by atoms with van der Waals surface area (Å²) in [5.74, 6) is -0.840. The van der Waals surface area contributed by atoms with Gasteiger partial charge >= 0.3 is 5.97 Å². The van der Waals surface area contributed by atoms with Crippen molar-refractivity contribution in [2.75, 3.05) is 12.4 Å². The minimum Gasteiger partial charge on any atom is -0.465 e. The van der Waals surface area contributed by atoms with Crippen molar-refractivity contribution in [3.05, 3.63) is 49.4 Å². The van der Waals surface area contributed by atoms with Crippen molar-refractivity contribution in [1.82, 2.24) is 0 Å². The molecule has 0 aliphatic heterocycles. The van der Waals surface area contributed by atoms with Gasteiger partial charge in [0.05, 0.1) is 18.2 Å². The smallest absolute Gasteiger partial charge is 0.348 e. The normalized spacial score (nSPS) is 9.91. The SMILES string of the molecule is COC(=O)c1sc(NC(=O)c2ccccc2I)c(C#N)c1C. The van der Waals surface area contributed by atoms with Crippen molar-refractivity contribution < 1.29 is 14.3 Å². The van der Waals surface area contributed by atoms with Crippen LogP contribution in [0.4, 0.5) is 5.00 Å². The lowest BCUT2D eigenvalue weighted by molar-refractivity contribution is 0.0605. The molecule has 112 valence electrons. The van der Waals surface area contributed by atoms with Crippen LogP contribution in [0.3, 0.4) is 0 Å². The molecule has 0 saturated carbocycles. The van der Waals surface area contributed by atoms with Gasteiger partial charge in [-0.2, -0.15) is 5.26 Å². The molecule has 0 bridgehead atoms. The van der Waals surface area contributed by atoms with E-state index in [0.29, 0.717) is 21.0 Å². The van der Waals surface area contributed by atoms with E-state index in [-0.39, 0.29) is 11.5 Å². The van der Waals surface area contributed by atoms with Crippen molar-refractivity contribution in [3.63, 3.8) is 0 Å². The summed E-state index contributed by atoms with van der Waals surface area (Å²) in [4.78, 5) is 24.3. The number of thiophene rings is 1. The van der Waals surface area contributed by atoms with E-state index in [0.717, 1.165) is 14.9 Å². The van der Waals surface area contributed by atoms with Crippen LogP contribution < -0.4 is 5.32 Å². The number of benzene rings is 1. The maximum absolute atomic E-state index is 12.3. The predicted octanol–water partition coefficient (Wildman–Crippen LogP) is 3.57. The number of anilines is 1. The summed E-state index contributed by atoms with van der Waals surface area (Å²) in [5.41, 5.74) is 1.31. The Morgan fingerprint density at radius 2 is 2.05 bits per heavy atom. The molecule has 22 heavy (non-hydrogen) atoms. The third-order valence-electron chi connectivity index (χ3n) is 2.97. The van der Waals surface area contributed by atoms with Gasteiger partial charge in [-0.15, -0.1) is 11.3 Å². The molecule has 0 fully saturated rings. The Balaban J connectivity index is 2.38. The lowest BCUT2D eigenvalue weighted by Gasteiger charge is -2.05. The maximum atomic E-state index is 12.3. The number of nitriles is 1. The number of nitrogens with one attached hydrogen (secondary N) is 1. The van der Waals surface area contributed by atoms with E-state index in [2.05, 4.69) is 32.6 Å². The maximum Gasteiger partial charge on any atom is 0.348 e. The van der Waals surface area contributed by atoms with E-state index < -0.39 is 5.97 Å². The second-order valence-corrected chi connectivity index (χ2v) is 6.48. The number of hydrogen-bond acceptors (Lipinski definition) is 5. The summed E-state index contributed by atoms with van der Waals surface area (Å²) in [6.07, 6.45) is 0. The van der Waals surface area contributed by atoms with Crippen LogP contribution >= 0.6 is 33.9 Å². The van der Waals surface area contributed by atoms with E-state index in [1.165, 1.54) is 7.11 Å². The third-order valence-corrected chi connectivity index (χ3v) is 5.10. The highest BCUT2D eigenvalue weighted by Gasteiger charge is 2.22. The molecule has 0 spiro atoms. The van der Waals surface area contributed by atoms with Crippen LogP contribution in [0, 0.1) is 21.8 Å². The average molecular weight is 426 g/mol. The predicted molar refractivity (Wildman–Crippen MR) is 92.2 cm³/mol. The van der Waals surface area contributed by atoms with E-state index in [4.69, 9.17) is 0 Å². The zero-order chi connectivity index (χ0) is 16.3. The molecule has 2 aromatic rings. The van der Waals surface area contributed by atoms with Crippen LogP contribution in [-0.4, -0.2) is 19.0 Å². The van der Waals surface area contributed by atoms with Crippen molar-refractivity contribution >= 4 is 50.8 Å². The molecule has 1 N–H and O–H groups in total. The summed E-state index contributed by atoms with van der Waals surface area (Å²) in [5, 5.41) is 12.3. The summed E-state index contributed by atoms with van der Waals surface area (Å²) < 4.78 is 5.49. The summed E-state index contributed by atoms with van der Waals surface area (Å²) in [6, 6.07) is 9.14. The Bertz CT molecular complexity index is 793. The van der Waals surface area contributed by atoms with Gasteiger partial charge in [0, 0.05) is 3.57 Å². The standard InChI is InChI=1S/C15H11IN2O3S/c1-8-10(7-17)14(22-12(8)15(20)21-2)18-13(19)9-5-3-4-6-11(9)16/h3-6H,1-2H3,(H,18,19). The van der Waals surface area contributed by atoms with Crippen LogP contribution in [-0.2, 0) is 4.74 Å². The summed E-state index contributed by atoms with van der Waals surface area (Å²) >= 11 is 3.11. The van der Waals surface area contributed by atoms with Gasteiger partial charge in [-0.1, -0.05) is 12.1 Å². The number of carbonyl (C=O) groups is 2. The zero-order valence-corrected chi connectivity index (χ0v) is 14.7. The van der Waals surface area contributed by atoms with Crippen LogP contribution in [0.15, 0.2) is 24.3 Å². The fraction of sp³-hybridized carbons (Fsp3) is 0.133. The minimum atomic E-state index is -0.520. The van der Waals surface area contributed by atoms with Crippen LogP contribution in [0.25, 0.3) is 0 Å². The molecule has 5 nitrogen and oxygen atoms in total. The average Bonchev–Trinajstić information content (AvgIpc) is 2.82. The Morgan fingerprint density at radius 3 is 2.64 bits per heavy atom. The third kappa shape index (κ3) is 3.13. The molecule has 7 heteroatoms. The molecule has 0 aliphatic rings. The Morgan fingerprint density at radius 1 is 1.36 bits per heavy atom. The molecule has 1 heterocycles. The molecule has 1 amide bonds. The molecule has 1 aromatic heterocycles. The lowest BCUT2D eigenvalue weighted by Crippen LogP contribution is -2.13. The summed E-state index contributed by atoms with van der Waals surface area (Å²) in [6.45, 7) is 1.66. The van der Waals surface area contributed by atoms with E-state index in [9.17, 15) is 14.9 Å². The van der Waals surface area contributed by atoms with Crippen molar-refractivity contribution in [1.29, 1.82) is 5.26 Å². The van der Waals surface area contributed by atoms with Gasteiger partial charge in [-0.05, 0) is 47.2 Å². The number of ether oxygens (including phenoxy) is 1. The quantitative estimate of drug-likeness (QED) is 0.601. The number of halogens is 1. The Labute approximate surface area is 145 Å². The number of methoxy groups -OCH3 is 1. The lowest BCUT2D eigenvalue weighted by atomic mass is 10.1. The molecule has 0 saturated heterocycles. The van der Waals surface area contributed by atoms with E-state index in [1.54, 1.807) is 19.1 Å². The van der Waals surface area contributed by atoms with Crippen molar-refractivity contribution in [3.8, 4) is 6.07 Å². The fourth-order valence-corrected chi connectivity index (χ4v) is 3.54. The highest BCUT2D eigenvalue weighted by Crippen LogP contribution is 2.33. The molecule has 1 aromatic carbocycles. The van der Waals surface area contributed by atoms with Crippen LogP contribution in [0.2, 0.25) is 0 Å².